The number of hydrogen-bond donors (Lipinski definition) is 1. The summed E-state index contributed by atoms with van der Waals surface area (Å²) in [6, 6.07) is 28.2. The average molecular weight is 653 g/mol. The maximum atomic E-state index is 14.4. The zero-order chi connectivity index (χ0) is 31.7. The number of benzene rings is 4. The minimum absolute atomic E-state index is 0.0234. The third-order valence-corrected chi connectivity index (χ3v) is 9.59. The van der Waals surface area contributed by atoms with Crippen LogP contribution in [0.15, 0.2) is 108 Å². The number of anilines is 1. The quantitative estimate of drug-likeness (QED) is 0.175. The molecule has 0 aromatic heterocycles. The summed E-state index contributed by atoms with van der Waals surface area (Å²) in [4.78, 5) is 29.6. The Balaban J connectivity index is 1.80. The molecule has 0 heterocycles. The minimum Gasteiger partial charge on any atom is -0.354 e. The fourth-order valence-corrected chi connectivity index (χ4v) is 6.42. The molecule has 230 valence electrons. The Labute approximate surface area is 269 Å². The summed E-state index contributed by atoms with van der Waals surface area (Å²) in [5.74, 6) is -0.877. The molecule has 4 aromatic rings. The van der Waals surface area contributed by atoms with Crippen molar-refractivity contribution >= 4 is 50.7 Å². The van der Waals surface area contributed by atoms with Crippen LogP contribution in [0.3, 0.4) is 0 Å². The maximum absolute atomic E-state index is 14.4. The third-order valence-electron chi connectivity index (χ3n) is 7.14. The summed E-state index contributed by atoms with van der Waals surface area (Å²) in [6.07, 6.45) is 0.948. The number of carbonyl (C=O) groups is 2. The molecule has 4 rings (SSSR count). The van der Waals surface area contributed by atoms with Gasteiger partial charge in [0, 0.05) is 29.6 Å². The number of nitrogens with one attached hydrogen (secondary N) is 1. The molecule has 7 nitrogen and oxygen atoms in total. The van der Waals surface area contributed by atoms with Crippen LogP contribution in [0.5, 0.6) is 0 Å². The van der Waals surface area contributed by atoms with Gasteiger partial charge in [-0.3, -0.25) is 13.9 Å². The molecule has 0 aliphatic rings. The van der Waals surface area contributed by atoms with Crippen LogP contribution in [0.2, 0.25) is 10.0 Å². The SMILES string of the molecule is CCCNC(=O)[C@H](Cc1ccccc1)N(Cc1ccc(Cl)cc1)C(=O)CN(c1ccc(C)c(Cl)c1)S(=O)(=O)c1ccccc1. The van der Waals surface area contributed by atoms with Crippen molar-refractivity contribution in [3.63, 3.8) is 0 Å². The van der Waals surface area contributed by atoms with E-state index in [0.717, 1.165) is 21.0 Å². The summed E-state index contributed by atoms with van der Waals surface area (Å²) in [5, 5.41) is 3.83. The first kappa shape index (κ1) is 33.1. The highest BCUT2D eigenvalue weighted by Gasteiger charge is 2.34. The van der Waals surface area contributed by atoms with Crippen molar-refractivity contribution < 1.29 is 18.0 Å². The first-order valence-electron chi connectivity index (χ1n) is 14.3. The van der Waals surface area contributed by atoms with Crippen molar-refractivity contribution in [3.05, 3.63) is 130 Å². The van der Waals surface area contributed by atoms with Crippen LogP contribution in [-0.4, -0.2) is 44.3 Å². The molecule has 1 N–H and O–H groups in total. The zero-order valence-corrected chi connectivity index (χ0v) is 26.9. The lowest BCUT2D eigenvalue weighted by atomic mass is 10.0. The number of aryl methyl sites for hydroxylation is 1. The maximum Gasteiger partial charge on any atom is 0.264 e. The molecular formula is C34H35Cl2N3O4S. The highest BCUT2D eigenvalue weighted by molar-refractivity contribution is 7.92. The molecule has 2 amide bonds. The molecule has 44 heavy (non-hydrogen) atoms. The monoisotopic (exact) mass is 651 g/mol. The van der Waals surface area contributed by atoms with Crippen molar-refractivity contribution in [2.45, 2.75) is 44.2 Å². The fourth-order valence-electron chi connectivity index (χ4n) is 4.69. The molecular weight excluding hydrogens is 617 g/mol. The van der Waals surface area contributed by atoms with E-state index in [4.69, 9.17) is 23.2 Å². The van der Waals surface area contributed by atoms with E-state index >= 15 is 0 Å². The van der Waals surface area contributed by atoms with Gasteiger partial charge in [0.1, 0.15) is 12.6 Å². The van der Waals surface area contributed by atoms with Gasteiger partial charge in [-0.25, -0.2) is 8.42 Å². The Morgan fingerprint density at radius 1 is 0.841 bits per heavy atom. The van der Waals surface area contributed by atoms with E-state index in [1.54, 1.807) is 54.6 Å². The van der Waals surface area contributed by atoms with Gasteiger partial charge in [-0.05, 0) is 66.4 Å². The third kappa shape index (κ3) is 8.40. The van der Waals surface area contributed by atoms with Gasteiger partial charge < -0.3 is 10.2 Å². The first-order valence-corrected chi connectivity index (χ1v) is 16.5. The van der Waals surface area contributed by atoms with Gasteiger partial charge in [-0.15, -0.1) is 0 Å². The van der Waals surface area contributed by atoms with E-state index in [9.17, 15) is 18.0 Å². The lowest BCUT2D eigenvalue weighted by Gasteiger charge is -2.34. The summed E-state index contributed by atoms with van der Waals surface area (Å²) >= 11 is 12.6. The Morgan fingerprint density at radius 3 is 2.09 bits per heavy atom. The van der Waals surface area contributed by atoms with Crippen molar-refractivity contribution in [1.29, 1.82) is 0 Å². The van der Waals surface area contributed by atoms with E-state index in [0.29, 0.717) is 23.0 Å². The predicted octanol–water partition coefficient (Wildman–Crippen LogP) is 6.66. The fraction of sp³-hybridized carbons (Fsp3) is 0.235. The molecule has 0 saturated carbocycles. The molecule has 4 aromatic carbocycles. The van der Waals surface area contributed by atoms with Crippen LogP contribution < -0.4 is 9.62 Å². The second-order valence-electron chi connectivity index (χ2n) is 10.4. The van der Waals surface area contributed by atoms with E-state index < -0.39 is 28.5 Å². The molecule has 0 radical (unpaired) electrons. The second-order valence-corrected chi connectivity index (χ2v) is 13.1. The number of carbonyl (C=O) groups excluding carboxylic acids is 2. The highest BCUT2D eigenvalue weighted by atomic mass is 35.5. The summed E-state index contributed by atoms with van der Waals surface area (Å²) in [5.41, 5.74) is 2.59. The second kappa shape index (κ2) is 15.2. The zero-order valence-electron chi connectivity index (χ0n) is 24.6. The number of hydrogen-bond acceptors (Lipinski definition) is 4. The molecule has 0 aliphatic heterocycles. The molecule has 0 fully saturated rings. The van der Waals surface area contributed by atoms with Gasteiger partial charge in [0.25, 0.3) is 10.0 Å². The van der Waals surface area contributed by atoms with E-state index in [1.807, 2.05) is 44.2 Å². The smallest absolute Gasteiger partial charge is 0.264 e. The predicted molar refractivity (Wildman–Crippen MR) is 176 cm³/mol. The van der Waals surface area contributed by atoms with Crippen LogP contribution in [-0.2, 0) is 32.6 Å². The molecule has 0 aliphatic carbocycles. The van der Waals surface area contributed by atoms with Crippen molar-refractivity contribution in [2.75, 3.05) is 17.4 Å². The van der Waals surface area contributed by atoms with Crippen molar-refractivity contribution in [3.8, 4) is 0 Å². The average Bonchev–Trinajstić information content (AvgIpc) is 3.03. The van der Waals surface area contributed by atoms with E-state index in [1.165, 1.54) is 23.1 Å². The number of sulfonamides is 1. The summed E-state index contributed by atoms with van der Waals surface area (Å²) in [6.45, 7) is 3.69. The lowest BCUT2D eigenvalue weighted by molar-refractivity contribution is -0.140. The van der Waals surface area contributed by atoms with Gasteiger partial charge in [-0.1, -0.05) is 96.9 Å². The van der Waals surface area contributed by atoms with Gasteiger partial charge >= 0.3 is 0 Å². The van der Waals surface area contributed by atoms with Crippen molar-refractivity contribution in [1.82, 2.24) is 10.2 Å². The lowest BCUT2D eigenvalue weighted by Crippen LogP contribution is -2.53. The molecule has 0 bridgehead atoms. The van der Waals surface area contributed by atoms with E-state index in [-0.39, 0.29) is 29.5 Å². The van der Waals surface area contributed by atoms with Crippen molar-refractivity contribution in [2.24, 2.45) is 0 Å². The van der Waals surface area contributed by atoms with Crippen LogP contribution in [0.25, 0.3) is 0 Å². The first-order chi connectivity index (χ1) is 21.1. The van der Waals surface area contributed by atoms with Gasteiger partial charge in [0.2, 0.25) is 11.8 Å². The summed E-state index contributed by atoms with van der Waals surface area (Å²) in [7, 11) is -4.20. The Bertz CT molecular complexity index is 1670. The molecule has 10 heteroatoms. The van der Waals surface area contributed by atoms with Crippen LogP contribution >= 0.6 is 23.2 Å². The van der Waals surface area contributed by atoms with Gasteiger partial charge in [-0.2, -0.15) is 0 Å². The minimum atomic E-state index is -4.20. The molecule has 1 atom stereocenters. The number of amides is 2. The van der Waals surface area contributed by atoms with Crippen LogP contribution in [0.4, 0.5) is 5.69 Å². The largest absolute Gasteiger partial charge is 0.354 e. The Kier molecular flexibility index (Phi) is 11.4. The Morgan fingerprint density at radius 2 is 1.48 bits per heavy atom. The number of rotatable bonds is 13. The number of nitrogens with zero attached hydrogens (tertiary/aromatic N) is 2. The van der Waals surface area contributed by atoms with Gasteiger partial charge in [0.05, 0.1) is 10.6 Å². The topological polar surface area (TPSA) is 86.8 Å². The number of halogens is 2. The standard InChI is InChI=1S/C34H35Cl2N3O4S/c1-3-20-37-34(41)32(21-26-10-6-4-7-11-26)38(23-27-15-17-28(35)18-16-27)33(40)24-39(29-19-14-25(2)31(36)22-29)44(42,43)30-12-8-5-9-13-30/h4-19,22,32H,3,20-21,23-24H2,1-2H3,(H,37,41)/t32-/m0/s1. The van der Waals surface area contributed by atoms with E-state index in [2.05, 4.69) is 5.32 Å². The van der Waals surface area contributed by atoms with Gasteiger partial charge in [0.15, 0.2) is 0 Å². The van der Waals surface area contributed by atoms with Crippen LogP contribution in [0.1, 0.15) is 30.0 Å². The van der Waals surface area contributed by atoms with Crippen LogP contribution in [0, 0.1) is 6.92 Å². The summed E-state index contributed by atoms with van der Waals surface area (Å²) < 4.78 is 29.1. The molecule has 0 spiro atoms. The molecule has 0 unspecified atom stereocenters. The highest BCUT2D eigenvalue weighted by Crippen LogP contribution is 2.29. The normalized spacial score (nSPS) is 11.9. The Hall–Kier alpha value is -3.85. The molecule has 0 saturated heterocycles.